The summed E-state index contributed by atoms with van der Waals surface area (Å²) in [6.45, 7) is 1.61. The average Bonchev–Trinajstić information content (AvgIpc) is 2.44. The van der Waals surface area contributed by atoms with Gasteiger partial charge in [-0.2, -0.15) is 0 Å². The highest BCUT2D eigenvalue weighted by molar-refractivity contribution is 6.44. The average molecular weight is 379 g/mol. The molecule has 0 saturated carbocycles. The first-order valence-corrected chi connectivity index (χ1v) is 7.75. The highest BCUT2D eigenvalue weighted by atomic mass is 35.5. The summed E-state index contributed by atoms with van der Waals surface area (Å²) in [6.07, 6.45) is -0.746. The molecule has 2 aromatic rings. The lowest BCUT2D eigenvalue weighted by molar-refractivity contribution is -0.122. The van der Waals surface area contributed by atoms with Crippen molar-refractivity contribution in [2.75, 3.05) is 5.32 Å². The predicted molar refractivity (Wildman–Crippen MR) is 91.6 cm³/mol. The maximum atomic E-state index is 12.1. The summed E-state index contributed by atoms with van der Waals surface area (Å²) in [4.78, 5) is 12.1. The van der Waals surface area contributed by atoms with Crippen molar-refractivity contribution in [1.29, 1.82) is 0 Å². The number of ether oxygens (including phenoxy) is 1. The van der Waals surface area contributed by atoms with Crippen molar-refractivity contribution >= 4 is 58.0 Å². The van der Waals surface area contributed by atoms with Gasteiger partial charge in [0.25, 0.3) is 5.91 Å². The molecule has 0 aliphatic rings. The maximum absolute atomic E-state index is 12.1. The first-order chi connectivity index (χ1) is 10.4. The van der Waals surface area contributed by atoms with Crippen molar-refractivity contribution in [3.05, 3.63) is 56.5 Å². The molecule has 2 aromatic carbocycles. The van der Waals surface area contributed by atoms with Gasteiger partial charge in [0.15, 0.2) is 6.10 Å². The Bertz CT molecular complexity index is 706. The van der Waals surface area contributed by atoms with Crippen molar-refractivity contribution in [3.63, 3.8) is 0 Å². The minimum absolute atomic E-state index is 0.290. The van der Waals surface area contributed by atoms with Gasteiger partial charge in [-0.1, -0.05) is 52.5 Å². The molecule has 1 N–H and O–H groups in total. The normalized spacial score (nSPS) is 11.9. The summed E-state index contributed by atoms with van der Waals surface area (Å²) in [5.74, 6) is 0.121. The summed E-state index contributed by atoms with van der Waals surface area (Å²) >= 11 is 23.6. The Kier molecular flexibility index (Phi) is 5.81. The Hall–Kier alpha value is -1.13. The number of rotatable bonds is 4. The van der Waals surface area contributed by atoms with Gasteiger partial charge in [-0.15, -0.1) is 0 Å². The number of amides is 1. The number of carbonyl (C=O) groups is 1. The molecule has 1 amide bonds. The van der Waals surface area contributed by atoms with Gasteiger partial charge in [-0.05, 0) is 37.3 Å². The van der Waals surface area contributed by atoms with Gasteiger partial charge >= 0.3 is 0 Å². The van der Waals surface area contributed by atoms with Crippen LogP contribution in [0.1, 0.15) is 6.92 Å². The van der Waals surface area contributed by atoms with Crippen molar-refractivity contribution in [1.82, 2.24) is 0 Å². The van der Waals surface area contributed by atoms with E-state index >= 15 is 0 Å². The summed E-state index contributed by atoms with van der Waals surface area (Å²) in [5, 5.41) is 4.07. The van der Waals surface area contributed by atoms with Gasteiger partial charge < -0.3 is 10.1 Å². The highest BCUT2D eigenvalue weighted by Crippen LogP contribution is 2.32. The minimum Gasteiger partial charge on any atom is -0.481 e. The van der Waals surface area contributed by atoms with Crippen LogP contribution in [-0.2, 0) is 4.79 Å². The predicted octanol–water partition coefficient (Wildman–Crippen LogP) is 5.71. The lowest BCUT2D eigenvalue weighted by atomic mass is 10.3. The summed E-state index contributed by atoms with van der Waals surface area (Å²) in [6, 6.07) is 9.73. The van der Waals surface area contributed by atoms with E-state index in [-0.39, 0.29) is 10.9 Å². The molecule has 0 unspecified atom stereocenters. The van der Waals surface area contributed by atoms with Crippen LogP contribution in [0, 0.1) is 0 Å². The molecule has 0 fully saturated rings. The first-order valence-electron chi connectivity index (χ1n) is 6.24. The third-order valence-electron chi connectivity index (χ3n) is 2.75. The lowest BCUT2D eigenvalue weighted by Gasteiger charge is -2.16. The molecule has 0 radical (unpaired) electrons. The van der Waals surface area contributed by atoms with Crippen LogP contribution < -0.4 is 10.1 Å². The fourth-order valence-electron chi connectivity index (χ4n) is 1.65. The van der Waals surface area contributed by atoms with E-state index < -0.39 is 6.10 Å². The Balaban J connectivity index is 2.07. The van der Waals surface area contributed by atoms with Crippen LogP contribution in [0.25, 0.3) is 0 Å². The number of hydrogen-bond donors (Lipinski definition) is 1. The summed E-state index contributed by atoms with van der Waals surface area (Å²) in [5.41, 5.74) is 0.364. The fraction of sp³-hybridized carbons (Fsp3) is 0.133. The molecule has 22 heavy (non-hydrogen) atoms. The highest BCUT2D eigenvalue weighted by Gasteiger charge is 2.17. The smallest absolute Gasteiger partial charge is 0.265 e. The molecule has 0 aromatic heterocycles. The Labute approximate surface area is 148 Å². The second-order valence-corrected chi connectivity index (χ2v) is 6.11. The molecule has 116 valence electrons. The van der Waals surface area contributed by atoms with Gasteiger partial charge in [-0.3, -0.25) is 4.79 Å². The number of halogens is 4. The van der Waals surface area contributed by atoms with Crippen LogP contribution in [-0.4, -0.2) is 12.0 Å². The van der Waals surface area contributed by atoms with Crippen LogP contribution in [0.4, 0.5) is 5.69 Å². The van der Waals surface area contributed by atoms with E-state index in [1.165, 1.54) is 12.1 Å². The maximum Gasteiger partial charge on any atom is 0.265 e. The van der Waals surface area contributed by atoms with E-state index in [1.54, 1.807) is 31.2 Å². The van der Waals surface area contributed by atoms with Crippen molar-refractivity contribution in [2.45, 2.75) is 13.0 Å². The van der Waals surface area contributed by atoms with Crippen LogP contribution in [0.5, 0.6) is 5.75 Å². The second kappa shape index (κ2) is 7.42. The van der Waals surface area contributed by atoms with Crippen LogP contribution >= 0.6 is 46.4 Å². The van der Waals surface area contributed by atoms with Crippen LogP contribution in [0.2, 0.25) is 20.1 Å². The zero-order valence-electron chi connectivity index (χ0n) is 11.4. The molecule has 7 heteroatoms. The van der Waals surface area contributed by atoms with Crippen LogP contribution in [0.15, 0.2) is 36.4 Å². The van der Waals surface area contributed by atoms with E-state index in [4.69, 9.17) is 51.1 Å². The third kappa shape index (κ3) is 4.43. The Morgan fingerprint density at radius 1 is 1.05 bits per heavy atom. The zero-order chi connectivity index (χ0) is 16.3. The van der Waals surface area contributed by atoms with Crippen LogP contribution in [0.3, 0.4) is 0 Å². The van der Waals surface area contributed by atoms with E-state index in [9.17, 15) is 4.79 Å². The molecule has 1 atom stereocenters. The third-order valence-corrected chi connectivity index (χ3v) is 4.02. The van der Waals surface area contributed by atoms with E-state index in [0.29, 0.717) is 26.5 Å². The molecular weight excluding hydrogens is 368 g/mol. The SMILES string of the molecule is C[C@@H](Oc1cccc(Cl)c1)C(=O)Nc1cc(Cl)c(Cl)cc1Cl. The summed E-state index contributed by atoms with van der Waals surface area (Å²) < 4.78 is 5.52. The van der Waals surface area contributed by atoms with Gasteiger partial charge in [0, 0.05) is 5.02 Å². The molecule has 0 spiro atoms. The zero-order valence-corrected chi connectivity index (χ0v) is 14.4. The fourth-order valence-corrected chi connectivity index (χ4v) is 2.43. The molecule has 0 heterocycles. The molecule has 2 rings (SSSR count). The Morgan fingerprint density at radius 2 is 1.73 bits per heavy atom. The quantitative estimate of drug-likeness (QED) is 0.692. The first kappa shape index (κ1) is 17.2. The second-order valence-electron chi connectivity index (χ2n) is 4.45. The number of anilines is 1. The number of hydrogen-bond acceptors (Lipinski definition) is 2. The Morgan fingerprint density at radius 3 is 2.41 bits per heavy atom. The number of benzene rings is 2. The monoisotopic (exact) mass is 377 g/mol. The van der Waals surface area contributed by atoms with E-state index in [0.717, 1.165) is 0 Å². The van der Waals surface area contributed by atoms with Crippen molar-refractivity contribution < 1.29 is 9.53 Å². The molecule has 0 bridgehead atoms. The van der Waals surface area contributed by atoms with Gasteiger partial charge in [0.1, 0.15) is 5.75 Å². The van der Waals surface area contributed by atoms with Gasteiger partial charge in [-0.25, -0.2) is 0 Å². The summed E-state index contributed by atoms with van der Waals surface area (Å²) in [7, 11) is 0. The van der Waals surface area contributed by atoms with E-state index in [2.05, 4.69) is 5.32 Å². The largest absolute Gasteiger partial charge is 0.481 e. The van der Waals surface area contributed by atoms with Crippen molar-refractivity contribution in [2.24, 2.45) is 0 Å². The molecular formula is C15H11Cl4NO2. The minimum atomic E-state index is -0.746. The number of carbonyl (C=O) groups excluding carboxylic acids is 1. The molecule has 0 saturated heterocycles. The van der Waals surface area contributed by atoms with Crippen molar-refractivity contribution in [3.8, 4) is 5.75 Å². The standard InChI is InChI=1S/C15H11Cl4NO2/c1-8(22-10-4-2-3-9(16)5-10)15(21)20-14-7-12(18)11(17)6-13(14)19/h2-8H,1H3,(H,20,21)/t8-/m1/s1. The van der Waals surface area contributed by atoms with Gasteiger partial charge in [0.2, 0.25) is 0 Å². The van der Waals surface area contributed by atoms with E-state index in [1.807, 2.05) is 0 Å². The topological polar surface area (TPSA) is 38.3 Å². The lowest BCUT2D eigenvalue weighted by Crippen LogP contribution is -2.30. The molecule has 0 aliphatic carbocycles. The molecule has 0 aliphatic heterocycles. The number of nitrogens with one attached hydrogen (secondary N) is 1. The molecule has 3 nitrogen and oxygen atoms in total. The van der Waals surface area contributed by atoms with Gasteiger partial charge in [0.05, 0.1) is 20.8 Å².